The quantitative estimate of drug-likeness (QED) is 0.396. The van der Waals surface area contributed by atoms with E-state index in [2.05, 4.69) is 10.4 Å². The third-order valence-electron chi connectivity index (χ3n) is 2.63. The lowest BCUT2D eigenvalue weighted by Crippen LogP contribution is -2.30. The molecule has 2 aromatic carbocycles. The first-order valence-corrected chi connectivity index (χ1v) is 6.16. The minimum Gasteiger partial charge on any atom is -0.494 e. The van der Waals surface area contributed by atoms with Crippen molar-refractivity contribution in [3.8, 4) is 5.75 Å². The number of nitrogens with one attached hydrogen (secondary N) is 1. The molecular formula is C14H13ClFN3O. The zero-order valence-electron chi connectivity index (χ0n) is 10.7. The first-order valence-electron chi connectivity index (χ1n) is 5.79. The number of nitrogens with zero attached hydrogens (tertiary/aromatic N) is 1. The number of amidine groups is 1. The van der Waals surface area contributed by atoms with Crippen molar-refractivity contribution < 1.29 is 9.13 Å². The highest BCUT2D eigenvalue weighted by molar-refractivity contribution is 6.30. The number of methoxy groups -OCH3 is 1. The lowest BCUT2D eigenvalue weighted by Gasteiger charge is -2.09. The highest BCUT2D eigenvalue weighted by Crippen LogP contribution is 2.30. The Labute approximate surface area is 121 Å². The molecule has 0 radical (unpaired) electrons. The van der Waals surface area contributed by atoms with Crippen molar-refractivity contribution in [1.82, 2.24) is 5.43 Å². The normalized spacial score (nSPS) is 11.3. The molecule has 0 heterocycles. The summed E-state index contributed by atoms with van der Waals surface area (Å²) in [4.78, 5) is 4.36. The van der Waals surface area contributed by atoms with E-state index in [-0.39, 0.29) is 5.82 Å². The summed E-state index contributed by atoms with van der Waals surface area (Å²) in [5, 5.41) is 0.528. The van der Waals surface area contributed by atoms with Crippen LogP contribution in [0.5, 0.6) is 5.75 Å². The third-order valence-corrected chi connectivity index (χ3v) is 2.86. The summed E-state index contributed by atoms with van der Waals surface area (Å²) in [6, 6.07) is 10.9. The molecule has 0 bridgehead atoms. The van der Waals surface area contributed by atoms with Crippen molar-refractivity contribution >= 4 is 23.1 Å². The molecule has 104 valence electrons. The molecule has 2 rings (SSSR count). The maximum Gasteiger partial charge on any atom is 0.148 e. The molecule has 0 saturated heterocycles. The Balaban J connectivity index is 2.45. The number of aliphatic imine (C=N–C) groups is 1. The SMILES string of the molecule is COc1ccc(Cl)cc1N=C(NN)c1ccc(F)cc1. The fourth-order valence-electron chi connectivity index (χ4n) is 1.66. The molecule has 0 atom stereocenters. The lowest BCUT2D eigenvalue weighted by atomic mass is 10.2. The number of nitrogens with two attached hydrogens (primary N) is 1. The fourth-order valence-corrected chi connectivity index (χ4v) is 1.83. The van der Waals surface area contributed by atoms with Gasteiger partial charge < -0.3 is 10.2 Å². The topological polar surface area (TPSA) is 59.6 Å². The summed E-state index contributed by atoms with van der Waals surface area (Å²) in [5.41, 5.74) is 3.66. The van der Waals surface area contributed by atoms with E-state index in [4.69, 9.17) is 22.2 Å². The van der Waals surface area contributed by atoms with Gasteiger partial charge in [0.1, 0.15) is 23.1 Å². The smallest absolute Gasteiger partial charge is 0.148 e. The first-order chi connectivity index (χ1) is 9.63. The molecule has 0 saturated carbocycles. The second kappa shape index (κ2) is 6.36. The van der Waals surface area contributed by atoms with Gasteiger partial charge in [0.05, 0.1) is 7.11 Å². The van der Waals surface area contributed by atoms with Crippen molar-refractivity contribution in [2.45, 2.75) is 0 Å². The molecule has 0 aromatic heterocycles. The molecule has 0 fully saturated rings. The van der Waals surface area contributed by atoms with E-state index in [1.165, 1.54) is 19.2 Å². The van der Waals surface area contributed by atoms with E-state index in [0.29, 0.717) is 27.9 Å². The van der Waals surface area contributed by atoms with Crippen LogP contribution in [0.4, 0.5) is 10.1 Å². The number of rotatable bonds is 3. The van der Waals surface area contributed by atoms with Crippen LogP contribution in [0.3, 0.4) is 0 Å². The first kappa shape index (κ1) is 14.3. The van der Waals surface area contributed by atoms with Crippen LogP contribution in [-0.2, 0) is 0 Å². The van der Waals surface area contributed by atoms with Gasteiger partial charge in [0, 0.05) is 10.6 Å². The summed E-state index contributed by atoms with van der Waals surface area (Å²) < 4.78 is 18.1. The zero-order chi connectivity index (χ0) is 14.5. The van der Waals surface area contributed by atoms with E-state index in [1.54, 1.807) is 30.3 Å². The Kier molecular flexibility index (Phi) is 4.55. The van der Waals surface area contributed by atoms with Gasteiger partial charge in [-0.05, 0) is 42.5 Å². The van der Waals surface area contributed by atoms with E-state index >= 15 is 0 Å². The zero-order valence-corrected chi connectivity index (χ0v) is 11.5. The van der Waals surface area contributed by atoms with Crippen LogP contribution < -0.4 is 16.0 Å². The predicted molar refractivity (Wildman–Crippen MR) is 77.9 cm³/mol. The van der Waals surface area contributed by atoms with Gasteiger partial charge in [-0.1, -0.05) is 11.6 Å². The summed E-state index contributed by atoms with van der Waals surface area (Å²) >= 11 is 5.94. The molecular weight excluding hydrogens is 281 g/mol. The van der Waals surface area contributed by atoms with Crippen LogP contribution in [0.25, 0.3) is 0 Å². The minimum absolute atomic E-state index is 0.328. The Morgan fingerprint density at radius 3 is 2.55 bits per heavy atom. The predicted octanol–water partition coefficient (Wildman–Crippen LogP) is 3.03. The van der Waals surface area contributed by atoms with Crippen LogP contribution in [0.2, 0.25) is 5.02 Å². The van der Waals surface area contributed by atoms with Crippen molar-refractivity contribution in [3.63, 3.8) is 0 Å². The highest BCUT2D eigenvalue weighted by atomic mass is 35.5. The molecule has 0 aliphatic heterocycles. The molecule has 3 N–H and O–H groups in total. The molecule has 2 aromatic rings. The van der Waals surface area contributed by atoms with Crippen LogP contribution >= 0.6 is 11.6 Å². The van der Waals surface area contributed by atoms with E-state index in [9.17, 15) is 4.39 Å². The van der Waals surface area contributed by atoms with Crippen LogP contribution in [-0.4, -0.2) is 12.9 Å². The van der Waals surface area contributed by atoms with Gasteiger partial charge in [0.15, 0.2) is 0 Å². The molecule has 0 aliphatic carbocycles. The summed E-state index contributed by atoms with van der Waals surface area (Å²) in [6.07, 6.45) is 0. The van der Waals surface area contributed by atoms with Gasteiger partial charge in [-0.2, -0.15) is 0 Å². The number of hydrogen-bond donors (Lipinski definition) is 2. The fraction of sp³-hybridized carbons (Fsp3) is 0.0714. The largest absolute Gasteiger partial charge is 0.494 e. The standard InChI is InChI=1S/C14H13ClFN3O/c1-20-13-7-4-10(15)8-12(13)18-14(19-17)9-2-5-11(16)6-3-9/h2-8H,17H2,1H3,(H,18,19). The van der Waals surface area contributed by atoms with Gasteiger partial charge in [-0.3, -0.25) is 0 Å². The summed E-state index contributed by atoms with van der Waals surface area (Å²) in [5.74, 6) is 6.08. The Hall–Kier alpha value is -2.11. The number of hydrogen-bond acceptors (Lipinski definition) is 3. The summed E-state index contributed by atoms with van der Waals surface area (Å²) in [7, 11) is 1.54. The van der Waals surface area contributed by atoms with Gasteiger partial charge >= 0.3 is 0 Å². The Morgan fingerprint density at radius 2 is 1.95 bits per heavy atom. The molecule has 6 heteroatoms. The summed E-state index contributed by atoms with van der Waals surface area (Å²) in [6.45, 7) is 0. The van der Waals surface area contributed by atoms with Crippen LogP contribution in [0, 0.1) is 5.82 Å². The van der Waals surface area contributed by atoms with E-state index in [0.717, 1.165) is 0 Å². The maximum atomic E-state index is 12.9. The van der Waals surface area contributed by atoms with Gasteiger partial charge in [0.2, 0.25) is 0 Å². The van der Waals surface area contributed by atoms with Crippen LogP contribution in [0.15, 0.2) is 47.5 Å². The molecule has 0 unspecified atom stereocenters. The van der Waals surface area contributed by atoms with Crippen molar-refractivity contribution in [1.29, 1.82) is 0 Å². The van der Waals surface area contributed by atoms with Crippen molar-refractivity contribution in [3.05, 3.63) is 58.9 Å². The molecule has 0 spiro atoms. The molecule has 0 amide bonds. The van der Waals surface area contributed by atoms with E-state index in [1.807, 2.05) is 0 Å². The van der Waals surface area contributed by atoms with Gasteiger partial charge in [0.25, 0.3) is 0 Å². The molecule has 20 heavy (non-hydrogen) atoms. The maximum absolute atomic E-state index is 12.9. The second-order valence-corrected chi connectivity index (χ2v) is 4.36. The number of ether oxygens (including phenoxy) is 1. The number of benzene rings is 2. The number of hydrazine groups is 1. The van der Waals surface area contributed by atoms with Gasteiger partial charge in [-0.15, -0.1) is 0 Å². The van der Waals surface area contributed by atoms with Gasteiger partial charge in [-0.25, -0.2) is 15.2 Å². The second-order valence-electron chi connectivity index (χ2n) is 3.93. The number of halogens is 2. The average Bonchev–Trinajstić information content (AvgIpc) is 2.46. The van der Waals surface area contributed by atoms with Crippen LogP contribution in [0.1, 0.15) is 5.56 Å². The Morgan fingerprint density at radius 1 is 1.25 bits per heavy atom. The monoisotopic (exact) mass is 293 g/mol. The average molecular weight is 294 g/mol. The third kappa shape index (κ3) is 3.26. The Bertz CT molecular complexity index is 629. The molecule has 4 nitrogen and oxygen atoms in total. The molecule has 0 aliphatic rings. The highest BCUT2D eigenvalue weighted by Gasteiger charge is 2.07. The minimum atomic E-state index is -0.328. The van der Waals surface area contributed by atoms with Crippen molar-refractivity contribution in [2.75, 3.05) is 7.11 Å². The van der Waals surface area contributed by atoms with E-state index < -0.39 is 0 Å². The lowest BCUT2D eigenvalue weighted by molar-refractivity contribution is 0.416. The van der Waals surface area contributed by atoms with Crippen molar-refractivity contribution in [2.24, 2.45) is 10.8 Å².